The fourth-order valence-electron chi connectivity index (χ4n) is 3.30. The van der Waals surface area contributed by atoms with Crippen molar-refractivity contribution in [2.75, 3.05) is 40.9 Å². The Morgan fingerprint density at radius 3 is 2.58 bits per heavy atom. The molecule has 7 nitrogen and oxygen atoms in total. The summed E-state index contributed by atoms with van der Waals surface area (Å²) in [7, 11) is 5.37. The van der Waals surface area contributed by atoms with Crippen molar-refractivity contribution in [3.05, 3.63) is 53.9 Å². The zero-order valence-corrected chi connectivity index (χ0v) is 21.0. The molecule has 31 heavy (non-hydrogen) atoms. The molecule has 1 aromatic heterocycles. The molecule has 0 spiro atoms. The van der Waals surface area contributed by atoms with Crippen LogP contribution in [-0.2, 0) is 12.8 Å². The first-order valence-electron chi connectivity index (χ1n) is 10.3. The van der Waals surface area contributed by atoms with E-state index in [9.17, 15) is 0 Å². The van der Waals surface area contributed by atoms with Crippen LogP contribution >= 0.6 is 24.0 Å². The standard InChI is InChI=1S/C23H31N5O2.HI/c1-5-24-23(25-14-12-22-26-18-8-6-7-9-19(18)27-22)28(2)15-13-17-10-11-20(29-3)21(16-17)30-4;/h6-11,16H,5,12-15H2,1-4H3,(H,24,25)(H,26,27);1H. The monoisotopic (exact) mass is 537 g/mol. The number of halogens is 1. The quantitative estimate of drug-likeness (QED) is 0.246. The number of rotatable bonds is 9. The fourth-order valence-corrected chi connectivity index (χ4v) is 3.30. The summed E-state index contributed by atoms with van der Waals surface area (Å²) in [5.74, 6) is 3.36. The molecule has 8 heteroatoms. The number of imidazole rings is 1. The minimum atomic E-state index is 0. The largest absolute Gasteiger partial charge is 0.493 e. The van der Waals surface area contributed by atoms with Crippen molar-refractivity contribution in [1.82, 2.24) is 20.2 Å². The molecule has 0 bridgehead atoms. The normalized spacial score (nSPS) is 11.2. The summed E-state index contributed by atoms with van der Waals surface area (Å²) in [6.07, 6.45) is 1.65. The van der Waals surface area contributed by atoms with Gasteiger partial charge in [-0.15, -0.1) is 24.0 Å². The smallest absolute Gasteiger partial charge is 0.193 e. The summed E-state index contributed by atoms with van der Waals surface area (Å²) < 4.78 is 10.7. The molecule has 2 N–H and O–H groups in total. The Morgan fingerprint density at radius 1 is 1.10 bits per heavy atom. The number of methoxy groups -OCH3 is 2. The third-order valence-electron chi connectivity index (χ3n) is 4.93. The molecule has 0 aliphatic carbocycles. The van der Waals surface area contributed by atoms with E-state index in [0.29, 0.717) is 6.54 Å². The van der Waals surface area contributed by atoms with Crippen molar-refractivity contribution in [3.8, 4) is 11.5 Å². The molecule has 0 saturated heterocycles. The van der Waals surface area contributed by atoms with Gasteiger partial charge in [-0.1, -0.05) is 18.2 Å². The summed E-state index contributed by atoms with van der Waals surface area (Å²) in [6.45, 7) is 4.41. The van der Waals surface area contributed by atoms with Gasteiger partial charge < -0.3 is 24.7 Å². The molecule has 0 unspecified atom stereocenters. The highest BCUT2D eigenvalue weighted by Crippen LogP contribution is 2.27. The van der Waals surface area contributed by atoms with E-state index in [1.54, 1.807) is 14.2 Å². The van der Waals surface area contributed by atoms with Crippen molar-refractivity contribution < 1.29 is 9.47 Å². The lowest BCUT2D eigenvalue weighted by Gasteiger charge is -2.22. The lowest BCUT2D eigenvalue weighted by atomic mass is 10.1. The van der Waals surface area contributed by atoms with Crippen LogP contribution in [0.3, 0.4) is 0 Å². The van der Waals surface area contributed by atoms with Crippen molar-refractivity contribution in [3.63, 3.8) is 0 Å². The van der Waals surface area contributed by atoms with Gasteiger partial charge in [0.05, 0.1) is 25.3 Å². The van der Waals surface area contributed by atoms with E-state index in [4.69, 9.17) is 14.5 Å². The van der Waals surface area contributed by atoms with Gasteiger partial charge in [0.15, 0.2) is 17.5 Å². The first kappa shape index (κ1) is 24.8. The molecule has 0 aliphatic rings. The van der Waals surface area contributed by atoms with Gasteiger partial charge in [0.1, 0.15) is 5.82 Å². The Labute approximate surface area is 201 Å². The summed E-state index contributed by atoms with van der Waals surface area (Å²) >= 11 is 0. The second-order valence-electron chi connectivity index (χ2n) is 7.05. The number of H-pyrrole nitrogens is 1. The molecule has 0 aliphatic heterocycles. The second kappa shape index (κ2) is 12.4. The first-order valence-corrected chi connectivity index (χ1v) is 10.3. The number of nitrogens with zero attached hydrogens (tertiary/aromatic N) is 3. The topological polar surface area (TPSA) is 74.8 Å². The SMILES string of the molecule is CCNC(=NCCc1nc2ccccc2[nH]1)N(C)CCc1ccc(OC)c(OC)c1.I. The minimum absolute atomic E-state index is 0. The van der Waals surface area contributed by atoms with E-state index in [-0.39, 0.29) is 24.0 Å². The van der Waals surface area contributed by atoms with Gasteiger partial charge in [-0.2, -0.15) is 0 Å². The number of benzene rings is 2. The number of fused-ring (bicyclic) bond motifs is 1. The Balaban J connectivity index is 0.00000341. The number of hydrogen-bond donors (Lipinski definition) is 2. The maximum atomic E-state index is 5.40. The van der Waals surface area contributed by atoms with Gasteiger partial charge >= 0.3 is 0 Å². The van der Waals surface area contributed by atoms with Crippen LogP contribution in [0.1, 0.15) is 18.3 Å². The third-order valence-corrected chi connectivity index (χ3v) is 4.93. The van der Waals surface area contributed by atoms with Gasteiger partial charge in [-0.05, 0) is 43.2 Å². The van der Waals surface area contributed by atoms with Crippen LogP contribution in [0.2, 0.25) is 0 Å². The van der Waals surface area contributed by atoms with Gasteiger partial charge in [-0.3, -0.25) is 4.99 Å². The summed E-state index contributed by atoms with van der Waals surface area (Å²) in [4.78, 5) is 14.9. The number of nitrogens with one attached hydrogen (secondary N) is 2. The number of ether oxygens (including phenoxy) is 2. The van der Waals surface area contributed by atoms with E-state index < -0.39 is 0 Å². The highest BCUT2D eigenvalue weighted by molar-refractivity contribution is 14.0. The zero-order valence-electron chi connectivity index (χ0n) is 18.6. The Hall–Kier alpha value is -2.49. The molecule has 0 saturated carbocycles. The zero-order chi connectivity index (χ0) is 21.3. The van der Waals surface area contributed by atoms with Crippen LogP contribution in [0, 0.1) is 0 Å². The number of aliphatic imine (C=N–C) groups is 1. The van der Waals surface area contributed by atoms with Crippen LogP contribution in [0.5, 0.6) is 11.5 Å². The number of hydrogen-bond acceptors (Lipinski definition) is 4. The van der Waals surface area contributed by atoms with Crippen molar-refractivity contribution >= 4 is 41.0 Å². The maximum absolute atomic E-state index is 5.40. The molecule has 0 atom stereocenters. The number of para-hydroxylation sites is 2. The highest BCUT2D eigenvalue weighted by Gasteiger charge is 2.09. The Kier molecular flexibility index (Phi) is 9.90. The average molecular weight is 537 g/mol. The molecular weight excluding hydrogens is 505 g/mol. The van der Waals surface area contributed by atoms with Crippen LogP contribution in [0.15, 0.2) is 47.5 Å². The molecular formula is C23H32IN5O2. The average Bonchev–Trinajstić information content (AvgIpc) is 3.19. The van der Waals surface area contributed by atoms with Crippen LogP contribution in [0.4, 0.5) is 0 Å². The number of likely N-dealkylation sites (N-methyl/N-ethyl adjacent to an activating group) is 1. The van der Waals surface area contributed by atoms with Crippen molar-refractivity contribution in [1.29, 1.82) is 0 Å². The number of aromatic amines is 1. The minimum Gasteiger partial charge on any atom is -0.493 e. The molecule has 0 radical (unpaired) electrons. The molecule has 0 fully saturated rings. The van der Waals surface area contributed by atoms with Crippen LogP contribution in [0.25, 0.3) is 11.0 Å². The first-order chi connectivity index (χ1) is 14.6. The predicted octanol–water partition coefficient (Wildman–Crippen LogP) is 3.88. The Bertz CT molecular complexity index is 956. The van der Waals surface area contributed by atoms with E-state index in [2.05, 4.69) is 40.2 Å². The fraction of sp³-hybridized carbons (Fsp3) is 0.391. The summed E-state index contributed by atoms with van der Waals surface area (Å²) in [6, 6.07) is 14.1. The molecule has 3 rings (SSSR count). The molecule has 0 amide bonds. The molecule has 168 valence electrons. The molecule has 1 heterocycles. The lowest BCUT2D eigenvalue weighted by Crippen LogP contribution is -2.40. The van der Waals surface area contributed by atoms with E-state index in [0.717, 1.165) is 60.2 Å². The molecule has 2 aromatic carbocycles. The van der Waals surface area contributed by atoms with Gasteiger partial charge in [0.25, 0.3) is 0 Å². The van der Waals surface area contributed by atoms with Crippen molar-refractivity contribution in [2.24, 2.45) is 4.99 Å². The van der Waals surface area contributed by atoms with E-state index >= 15 is 0 Å². The summed E-state index contributed by atoms with van der Waals surface area (Å²) in [5.41, 5.74) is 3.25. The van der Waals surface area contributed by atoms with Gasteiger partial charge in [0, 0.05) is 33.1 Å². The van der Waals surface area contributed by atoms with Crippen molar-refractivity contribution in [2.45, 2.75) is 19.8 Å². The predicted molar refractivity (Wildman–Crippen MR) is 137 cm³/mol. The molecule has 3 aromatic rings. The van der Waals surface area contributed by atoms with Crippen LogP contribution < -0.4 is 14.8 Å². The summed E-state index contributed by atoms with van der Waals surface area (Å²) in [5, 5.41) is 3.37. The number of aromatic nitrogens is 2. The van der Waals surface area contributed by atoms with Crippen LogP contribution in [-0.4, -0.2) is 61.7 Å². The number of guanidine groups is 1. The second-order valence-corrected chi connectivity index (χ2v) is 7.05. The Morgan fingerprint density at radius 2 is 1.87 bits per heavy atom. The van der Waals surface area contributed by atoms with Gasteiger partial charge in [-0.25, -0.2) is 4.98 Å². The van der Waals surface area contributed by atoms with Gasteiger partial charge in [0.2, 0.25) is 0 Å². The van der Waals surface area contributed by atoms with E-state index in [1.807, 2.05) is 36.4 Å². The van der Waals surface area contributed by atoms with E-state index in [1.165, 1.54) is 5.56 Å². The lowest BCUT2D eigenvalue weighted by molar-refractivity contribution is 0.354. The highest BCUT2D eigenvalue weighted by atomic mass is 127. The third kappa shape index (κ3) is 6.75. The maximum Gasteiger partial charge on any atom is 0.193 e.